The maximum Gasteiger partial charge on any atom is 0.295 e. The Morgan fingerprint density at radius 2 is 2.03 bits per heavy atom. The predicted molar refractivity (Wildman–Crippen MR) is 126 cm³/mol. The van der Waals surface area contributed by atoms with Gasteiger partial charge in [-0.2, -0.15) is 0 Å². The lowest BCUT2D eigenvalue weighted by Gasteiger charge is -2.27. The second-order valence-electron chi connectivity index (χ2n) is 7.81. The van der Waals surface area contributed by atoms with Crippen molar-refractivity contribution >= 4 is 40.7 Å². The van der Waals surface area contributed by atoms with Gasteiger partial charge in [0.1, 0.15) is 18.1 Å². The van der Waals surface area contributed by atoms with E-state index >= 15 is 0 Å². The van der Waals surface area contributed by atoms with E-state index in [1.165, 1.54) is 11.0 Å². The Morgan fingerprint density at radius 1 is 1.21 bits per heavy atom. The second kappa shape index (κ2) is 10.3. The summed E-state index contributed by atoms with van der Waals surface area (Å²) in [6, 6.07) is 10.6. The zero-order chi connectivity index (χ0) is 24.2. The largest absolute Gasteiger partial charge is 0.872 e. The first-order valence-electron chi connectivity index (χ1n) is 10.9. The highest BCUT2D eigenvalue weighted by molar-refractivity contribution is 6.46. The molecule has 34 heavy (non-hydrogen) atoms. The molecule has 1 amide bonds. The number of amides is 1. The molecule has 3 aromatic rings. The van der Waals surface area contributed by atoms with Gasteiger partial charge < -0.3 is 14.7 Å². The summed E-state index contributed by atoms with van der Waals surface area (Å²) in [6.07, 6.45) is 6.07. The lowest BCUT2D eigenvalue weighted by molar-refractivity contribution is -0.695. The summed E-state index contributed by atoms with van der Waals surface area (Å²) in [4.78, 5) is 30.5. The molecule has 7 nitrogen and oxygen atoms in total. The number of hydrogen-bond donors (Lipinski definition) is 1. The van der Waals surface area contributed by atoms with Crippen LogP contribution in [0.15, 0.2) is 66.8 Å². The van der Waals surface area contributed by atoms with Crippen LogP contribution < -0.4 is 14.4 Å². The molecule has 1 fully saturated rings. The first-order valence-corrected chi connectivity index (χ1v) is 11.6. The molecule has 1 atom stereocenters. The monoisotopic (exact) mass is 499 g/mol. The Hall–Kier alpha value is -3.29. The fourth-order valence-corrected chi connectivity index (χ4v) is 4.51. The number of H-pyrrole nitrogens is 1. The average Bonchev–Trinajstić information content (AvgIpc) is 3.42. The van der Waals surface area contributed by atoms with Crippen LogP contribution in [0.5, 0.6) is 5.75 Å². The molecule has 1 unspecified atom stereocenters. The lowest BCUT2D eigenvalue weighted by atomic mass is 9.95. The number of aryl methyl sites for hydroxylation is 1. The fraction of sp³-hybridized carbons (Fsp3) is 0.240. The third-order valence-corrected chi connectivity index (χ3v) is 6.14. The highest BCUT2D eigenvalue weighted by Gasteiger charge is 2.44. The van der Waals surface area contributed by atoms with Gasteiger partial charge in [0, 0.05) is 23.6 Å². The van der Waals surface area contributed by atoms with Gasteiger partial charge in [-0.05, 0) is 42.3 Å². The maximum atomic E-state index is 13.5. The number of ether oxygens (including phenoxy) is 1. The molecular formula is C25H23Cl2N3O4. The van der Waals surface area contributed by atoms with Gasteiger partial charge >= 0.3 is 0 Å². The summed E-state index contributed by atoms with van der Waals surface area (Å²) in [7, 11) is 0. The molecule has 0 spiro atoms. The van der Waals surface area contributed by atoms with Gasteiger partial charge in [-0.3, -0.25) is 14.6 Å². The summed E-state index contributed by atoms with van der Waals surface area (Å²) in [5.74, 6) is -1.62. The van der Waals surface area contributed by atoms with E-state index in [0.717, 1.165) is 0 Å². The van der Waals surface area contributed by atoms with Gasteiger partial charge in [-0.25, -0.2) is 4.57 Å². The topological polar surface area (TPSA) is 89.3 Å². The molecule has 4 rings (SSSR count). The molecule has 0 saturated carbocycles. The van der Waals surface area contributed by atoms with Gasteiger partial charge in [0.15, 0.2) is 0 Å². The van der Waals surface area contributed by atoms with Crippen molar-refractivity contribution in [2.24, 2.45) is 0 Å². The molecule has 1 aromatic heterocycles. The quantitative estimate of drug-likeness (QED) is 0.223. The van der Waals surface area contributed by atoms with Crippen molar-refractivity contribution in [1.82, 2.24) is 9.88 Å². The molecule has 2 heterocycles. The van der Waals surface area contributed by atoms with E-state index in [0.29, 0.717) is 42.5 Å². The number of ketones is 1. The number of Topliss-reactive ketones (excluding diaryl/α,β-unsaturated/α-hetero) is 1. The van der Waals surface area contributed by atoms with E-state index in [4.69, 9.17) is 27.9 Å². The van der Waals surface area contributed by atoms with Gasteiger partial charge in [-0.15, -0.1) is 0 Å². The van der Waals surface area contributed by atoms with Gasteiger partial charge in [-0.1, -0.05) is 47.2 Å². The summed E-state index contributed by atoms with van der Waals surface area (Å²) in [6.45, 7) is 3.18. The molecule has 176 valence electrons. The SMILES string of the molecule is CCOc1ccc(C([O-])=C2C(=O)C(=O)N(CCC[n+]3cc[nH]c3)C2c2cccc(Cl)c2)cc1Cl. The first kappa shape index (κ1) is 23.9. The third-order valence-electron chi connectivity index (χ3n) is 5.61. The number of carbonyl (C=O) groups excluding carboxylic acids is 2. The van der Waals surface area contributed by atoms with Crippen LogP contribution in [0.4, 0.5) is 0 Å². The summed E-state index contributed by atoms with van der Waals surface area (Å²) in [5.41, 5.74) is 0.699. The number of hydrogen-bond acceptors (Lipinski definition) is 4. The van der Waals surface area contributed by atoms with E-state index in [-0.39, 0.29) is 16.2 Å². The minimum Gasteiger partial charge on any atom is -0.872 e. The third kappa shape index (κ3) is 4.81. The van der Waals surface area contributed by atoms with Crippen molar-refractivity contribution in [2.45, 2.75) is 25.9 Å². The van der Waals surface area contributed by atoms with Gasteiger partial charge in [0.25, 0.3) is 5.91 Å². The lowest BCUT2D eigenvalue weighted by Crippen LogP contribution is -2.36. The van der Waals surface area contributed by atoms with Gasteiger partial charge in [0.2, 0.25) is 12.1 Å². The summed E-state index contributed by atoms with van der Waals surface area (Å²) >= 11 is 12.5. The smallest absolute Gasteiger partial charge is 0.295 e. The predicted octanol–water partition coefficient (Wildman–Crippen LogP) is 3.32. The zero-order valence-electron chi connectivity index (χ0n) is 18.5. The number of benzene rings is 2. The van der Waals surface area contributed by atoms with Crippen molar-refractivity contribution in [3.63, 3.8) is 0 Å². The Kier molecular flexibility index (Phi) is 7.24. The molecule has 1 aliphatic rings. The number of aromatic amines is 1. The Bertz CT molecular complexity index is 1240. The highest BCUT2D eigenvalue weighted by atomic mass is 35.5. The number of carbonyl (C=O) groups is 2. The Labute approximate surface area is 207 Å². The number of rotatable bonds is 8. The summed E-state index contributed by atoms with van der Waals surface area (Å²) in [5, 5.41) is 14.2. The van der Waals surface area contributed by atoms with Gasteiger partial charge in [0.05, 0.1) is 24.2 Å². The normalized spacial score (nSPS) is 17.4. The molecule has 0 radical (unpaired) electrons. The molecule has 1 N–H and O–H groups in total. The number of imidazole rings is 1. The van der Waals surface area contributed by atoms with Crippen LogP contribution in [-0.4, -0.2) is 34.7 Å². The van der Waals surface area contributed by atoms with Crippen molar-refractivity contribution in [1.29, 1.82) is 0 Å². The van der Waals surface area contributed by atoms with Crippen LogP contribution in [0, 0.1) is 0 Å². The molecule has 9 heteroatoms. The Balaban J connectivity index is 1.74. The maximum absolute atomic E-state index is 13.5. The minimum absolute atomic E-state index is 0.109. The molecule has 1 aliphatic heterocycles. The number of nitrogens with one attached hydrogen (secondary N) is 1. The minimum atomic E-state index is -0.840. The van der Waals surface area contributed by atoms with Crippen molar-refractivity contribution in [2.75, 3.05) is 13.2 Å². The fourth-order valence-electron chi connectivity index (χ4n) is 4.08. The van der Waals surface area contributed by atoms with Crippen molar-refractivity contribution in [3.05, 3.63) is 87.9 Å². The van der Waals surface area contributed by atoms with Crippen LogP contribution in [-0.2, 0) is 16.1 Å². The van der Waals surface area contributed by atoms with Crippen molar-refractivity contribution in [3.8, 4) is 5.75 Å². The van der Waals surface area contributed by atoms with E-state index < -0.39 is 23.5 Å². The standard InChI is InChI=1S/C25H23Cl2N3O4/c1-2-34-20-8-7-17(14-19(20)27)23(31)21-22(16-5-3-6-18(26)13-16)30(25(33)24(21)32)11-4-10-29-12-9-28-15-29/h3,5-9,12-15,22H,2,4,10-11H2,1H3,(H,31,32). The molecular weight excluding hydrogens is 477 g/mol. The van der Waals surface area contributed by atoms with Crippen LogP contribution in [0.3, 0.4) is 0 Å². The second-order valence-corrected chi connectivity index (χ2v) is 8.65. The average molecular weight is 500 g/mol. The number of halogens is 2. The van der Waals surface area contributed by atoms with E-state index in [1.807, 2.05) is 24.0 Å². The first-order chi connectivity index (χ1) is 16.4. The van der Waals surface area contributed by atoms with Crippen LogP contribution in [0.1, 0.15) is 30.5 Å². The number of aromatic nitrogens is 2. The van der Waals surface area contributed by atoms with E-state index in [9.17, 15) is 14.7 Å². The van der Waals surface area contributed by atoms with Crippen LogP contribution >= 0.6 is 23.2 Å². The van der Waals surface area contributed by atoms with E-state index in [1.54, 1.807) is 42.6 Å². The Morgan fingerprint density at radius 3 is 2.71 bits per heavy atom. The molecule has 2 aromatic carbocycles. The zero-order valence-corrected chi connectivity index (χ0v) is 20.0. The van der Waals surface area contributed by atoms with Crippen LogP contribution in [0.25, 0.3) is 5.76 Å². The number of likely N-dealkylation sites (tertiary alicyclic amines) is 1. The number of nitrogens with zero attached hydrogens (tertiary/aromatic N) is 2. The van der Waals surface area contributed by atoms with E-state index in [2.05, 4.69) is 4.98 Å². The summed E-state index contributed by atoms with van der Waals surface area (Å²) < 4.78 is 7.37. The van der Waals surface area contributed by atoms with Crippen molar-refractivity contribution < 1.29 is 24.0 Å². The molecule has 0 bridgehead atoms. The van der Waals surface area contributed by atoms with Crippen LogP contribution in [0.2, 0.25) is 10.0 Å². The highest BCUT2D eigenvalue weighted by Crippen LogP contribution is 2.40. The molecule has 1 saturated heterocycles. The molecule has 0 aliphatic carbocycles.